The van der Waals surface area contributed by atoms with Crippen LogP contribution in [0.4, 0.5) is 0 Å². The second kappa shape index (κ2) is 9.73. The van der Waals surface area contributed by atoms with E-state index < -0.39 is 0 Å². The zero-order valence-electron chi connectivity index (χ0n) is 25.3. The zero-order chi connectivity index (χ0) is 27.9. The average Bonchev–Trinajstić information content (AvgIpc) is 3.40. The van der Waals surface area contributed by atoms with E-state index in [1.54, 1.807) is 7.11 Å². The minimum Gasteiger partial charge on any atom is -0.497 e. The van der Waals surface area contributed by atoms with Crippen LogP contribution >= 0.6 is 0 Å². The second-order valence-corrected chi connectivity index (χ2v) is 15.2. The van der Waals surface area contributed by atoms with Gasteiger partial charge in [-0.15, -0.1) is 0 Å². The zero-order valence-corrected chi connectivity index (χ0v) is 25.3. The number of ether oxygens (including phenoxy) is 4. The van der Waals surface area contributed by atoms with Gasteiger partial charge in [-0.1, -0.05) is 27.7 Å². The van der Waals surface area contributed by atoms with Crippen LogP contribution in [0.3, 0.4) is 0 Å². The van der Waals surface area contributed by atoms with E-state index in [9.17, 15) is 4.79 Å². The molecule has 0 N–H and O–H groups in total. The topological polar surface area (TPSA) is 54.0 Å². The van der Waals surface area contributed by atoms with Crippen LogP contribution in [0.5, 0.6) is 5.75 Å². The molecule has 5 heteroatoms. The first-order chi connectivity index (χ1) is 19.2. The smallest absolute Gasteiger partial charge is 0.338 e. The van der Waals surface area contributed by atoms with Crippen molar-refractivity contribution < 1.29 is 23.7 Å². The van der Waals surface area contributed by atoms with E-state index in [-0.39, 0.29) is 17.9 Å². The molecule has 0 amide bonds. The molecule has 6 aliphatic rings. The monoisotopic (exact) mass is 550 g/mol. The van der Waals surface area contributed by atoms with Crippen molar-refractivity contribution in [2.45, 2.75) is 110 Å². The Labute approximate surface area is 241 Å². The standard InChI is InChI=1S/C35H50O5/c1-21-12-17-35(38-20-21)22(2)31-30(40-35)19-29-27-11-8-24-18-26(39-32(36)23-6-9-25(37-5)10-7-23)13-15-33(24,3)28(27)14-16-34(29,31)4/h6-7,9-10,21-22,24,26-31H,8,11-20H2,1-5H3/t21-,22+,24+,26-,27-,28?,29?,30+,31+,33+,34+,35-/m1/s1. The van der Waals surface area contributed by atoms with Gasteiger partial charge in [0.2, 0.25) is 0 Å². The number of carbonyl (C=O) groups excluding carboxylic acids is 1. The molecule has 2 heterocycles. The van der Waals surface area contributed by atoms with Crippen LogP contribution in [0.25, 0.3) is 0 Å². The Kier molecular flexibility index (Phi) is 6.63. The van der Waals surface area contributed by atoms with Gasteiger partial charge in [-0.2, -0.15) is 0 Å². The molecule has 0 radical (unpaired) electrons. The summed E-state index contributed by atoms with van der Waals surface area (Å²) in [4.78, 5) is 12.9. The molecule has 1 spiro atoms. The van der Waals surface area contributed by atoms with Gasteiger partial charge in [0.15, 0.2) is 5.79 Å². The highest BCUT2D eigenvalue weighted by Crippen LogP contribution is 2.71. The molecule has 2 unspecified atom stereocenters. The third-order valence-corrected chi connectivity index (χ3v) is 13.5. The molecule has 0 bridgehead atoms. The fourth-order valence-corrected chi connectivity index (χ4v) is 11.3. The molecule has 1 aromatic rings. The van der Waals surface area contributed by atoms with Crippen LogP contribution in [0, 0.1) is 52.3 Å². The summed E-state index contributed by atoms with van der Waals surface area (Å²) < 4.78 is 24.8. The highest BCUT2D eigenvalue weighted by atomic mass is 16.7. The quantitative estimate of drug-likeness (QED) is 0.362. The fraction of sp³-hybridized carbons (Fsp3) is 0.800. The summed E-state index contributed by atoms with van der Waals surface area (Å²) in [5.74, 6) is 5.03. The normalized spacial score (nSPS) is 49.5. The second-order valence-electron chi connectivity index (χ2n) is 15.2. The Hall–Kier alpha value is -1.59. The van der Waals surface area contributed by atoms with E-state index in [2.05, 4.69) is 27.7 Å². The summed E-state index contributed by atoms with van der Waals surface area (Å²) in [6, 6.07) is 7.28. The van der Waals surface area contributed by atoms with Gasteiger partial charge in [0, 0.05) is 12.3 Å². The Bertz CT molecular complexity index is 1110. The van der Waals surface area contributed by atoms with E-state index in [1.807, 2.05) is 24.3 Å². The Morgan fingerprint density at radius 2 is 1.68 bits per heavy atom. The summed E-state index contributed by atoms with van der Waals surface area (Å²) in [7, 11) is 1.64. The van der Waals surface area contributed by atoms with Crippen molar-refractivity contribution in [1.29, 1.82) is 0 Å². The van der Waals surface area contributed by atoms with E-state index >= 15 is 0 Å². The van der Waals surface area contributed by atoms with Crippen LogP contribution in [-0.4, -0.2) is 37.7 Å². The predicted octanol–water partition coefficient (Wildman–Crippen LogP) is 7.67. The van der Waals surface area contributed by atoms with Crippen molar-refractivity contribution in [3.8, 4) is 5.75 Å². The lowest BCUT2D eigenvalue weighted by molar-refractivity contribution is -0.273. The highest BCUT2D eigenvalue weighted by molar-refractivity contribution is 5.89. The summed E-state index contributed by atoms with van der Waals surface area (Å²) in [6.45, 7) is 10.8. The number of fused-ring (bicyclic) bond motifs is 7. The van der Waals surface area contributed by atoms with Gasteiger partial charge < -0.3 is 18.9 Å². The lowest BCUT2D eigenvalue weighted by Crippen LogP contribution is -2.55. The summed E-state index contributed by atoms with van der Waals surface area (Å²) in [5, 5.41) is 0. The van der Waals surface area contributed by atoms with Crippen molar-refractivity contribution >= 4 is 5.97 Å². The number of rotatable bonds is 3. The summed E-state index contributed by atoms with van der Waals surface area (Å²) >= 11 is 0. The Morgan fingerprint density at radius 3 is 2.40 bits per heavy atom. The highest BCUT2D eigenvalue weighted by Gasteiger charge is 2.69. The average molecular weight is 551 g/mol. The van der Waals surface area contributed by atoms with E-state index in [1.165, 1.54) is 44.9 Å². The molecule has 2 saturated heterocycles. The molecule has 7 rings (SSSR count). The van der Waals surface area contributed by atoms with Crippen LogP contribution in [-0.2, 0) is 14.2 Å². The van der Waals surface area contributed by atoms with Gasteiger partial charge in [-0.25, -0.2) is 4.79 Å². The lowest BCUT2D eigenvalue weighted by atomic mass is 9.44. The molecule has 5 nitrogen and oxygen atoms in total. The SMILES string of the molecule is COc1ccc(C(=O)O[C@@H]2CC[C@]3(C)C4CC[C@@]5(C)C(C[C@@H]6O[C@]7(CC[C@@H](C)CO7)[C@@H](C)[C@@H]65)[C@@H]4CC[C@H]3C2)cc1. The van der Waals surface area contributed by atoms with Crippen LogP contribution in [0.15, 0.2) is 24.3 Å². The van der Waals surface area contributed by atoms with Crippen LogP contribution in [0.1, 0.15) is 102 Å². The van der Waals surface area contributed by atoms with Gasteiger partial charge in [0.1, 0.15) is 11.9 Å². The van der Waals surface area contributed by atoms with Gasteiger partial charge in [0.05, 0.1) is 25.4 Å². The van der Waals surface area contributed by atoms with E-state index in [0.717, 1.165) is 49.4 Å². The third-order valence-electron chi connectivity index (χ3n) is 13.5. The molecular weight excluding hydrogens is 500 g/mol. The van der Waals surface area contributed by atoms with Crippen molar-refractivity contribution in [2.75, 3.05) is 13.7 Å². The molecule has 1 aromatic carbocycles. The number of methoxy groups -OCH3 is 1. The molecule has 2 aliphatic heterocycles. The van der Waals surface area contributed by atoms with Crippen LogP contribution < -0.4 is 4.74 Å². The Balaban J connectivity index is 1.03. The minimum absolute atomic E-state index is 0.0348. The molecule has 0 aromatic heterocycles. The maximum Gasteiger partial charge on any atom is 0.338 e. The maximum atomic E-state index is 12.9. The summed E-state index contributed by atoms with van der Waals surface area (Å²) in [5.41, 5.74) is 1.35. The molecule has 6 fully saturated rings. The molecule has 4 saturated carbocycles. The Morgan fingerprint density at radius 1 is 0.900 bits per heavy atom. The largest absolute Gasteiger partial charge is 0.497 e. The first-order valence-corrected chi connectivity index (χ1v) is 16.3. The molecule has 220 valence electrons. The number of hydrogen-bond donors (Lipinski definition) is 0. The molecule has 12 atom stereocenters. The number of carbonyl (C=O) groups is 1. The number of benzene rings is 1. The van der Waals surface area contributed by atoms with Crippen LogP contribution in [0.2, 0.25) is 0 Å². The third kappa shape index (κ3) is 4.03. The maximum absolute atomic E-state index is 12.9. The van der Waals surface area contributed by atoms with Crippen molar-refractivity contribution in [2.24, 2.45) is 52.3 Å². The molecule has 4 aliphatic carbocycles. The van der Waals surface area contributed by atoms with Gasteiger partial charge in [-0.3, -0.25) is 0 Å². The summed E-state index contributed by atoms with van der Waals surface area (Å²) in [6.07, 6.45) is 12.4. The number of esters is 1. The van der Waals surface area contributed by atoms with Crippen molar-refractivity contribution in [3.63, 3.8) is 0 Å². The van der Waals surface area contributed by atoms with Gasteiger partial charge in [-0.05, 0) is 128 Å². The molecular formula is C35H50O5. The minimum atomic E-state index is -0.321. The lowest BCUT2D eigenvalue weighted by Gasteiger charge is -2.61. The van der Waals surface area contributed by atoms with E-state index in [4.69, 9.17) is 18.9 Å². The van der Waals surface area contributed by atoms with Gasteiger partial charge in [0.25, 0.3) is 0 Å². The predicted molar refractivity (Wildman–Crippen MR) is 154 cm³/mol. The number of hydrogen-bond acceptors (Lipinski definition) is 5. The first kappa shape index (κ1) is 27.3. The van der Waals surface area contributed by atoms with Crippen molar-refractivity contribution in [1.82, 2.24) is 0 Å². The first-order valence-electron chi connectivity index (χ1n) is 16.3. The van der Waals surface area contributed by atoms with Gasteiger partial charge >= 0.3 is 5.97 Å². The van der Waals surface area contributed by atoms with E-state index in [0.29, 0.717) is 46.2 Å². The fourth-order valence-electron chi connectivity index (χ4n) is 11.3. The molecule has 40 heavy (non-hydrogen) atoms. The van der Waals surface area contributed by atoms with Crippen molar-refractivity contribution in [3.05, 3.63) is 29.8 Å².